The summed E-state index contributed by atoms with van der Waals surface area (Å²) in [4.78, 5) is 16.0. The Morgan fingerprint density at radius 1 is 1.53 bits per heavy atom. The molecule has 2 heterocycles. The van der Waals surface area contributed by atoms with Crippen molar-refractivity contribution in [3.8, 4) is 0 Å². The fraction of sp³-hybridized carbons (Fsp3) is 0.333. The van der Waals surface area contributed by atoms with Gasteiger partial charge in [-0.05, 0) is 32.0 Å². The number of furan rings is 1. The molecule has 0 aromatic carbocycles. The van der Waals surface area contributed by atoms with Gasteiger partial charge in [0.05, 0.1) is 0 Å². The van der Waals surface area contributed by atoms with Crippen LogP contribution in [-0.4, -0.2) is 24.0 Å². The molecule has 0 unspecified atom stereocenters. The number of pyridine rings is 1. The highest BCUT2D eigenvalue weighted by Crippen LogP contribution is 2.17. The molecule has 1 amide bonds. The summed E-state index contributed by atoms with van der Waals surface area (Å²) in [6.45, 7) is 3.01. The first-order valence-electron chi connectivity index (χ1n) is 5.56. The number of rotatable bonds is 4. The van der Waals surface area contributed by atoms with Crippen molar-refractivity contribution in [2.24, 2.45) is 5.73 Å². The minimum atomic E-state index is -0.228. The number of carbonyl (C=O) groups is 1. The van der Waals surface area contributed by atoms with Crippen molar-refractivity contribution in [3.63, 3.8) is 0 Å². The lowest BCUT2D eigenvalue weighted by Crippen LogP contribution is -2.25. The number of hydrogen-bond acceptors (Lipinski definition) is 4. The highest BCUT2D eigenvalue weighted by molar-refractivity contribution is 5.95. The smallest absolute Gasteiger partial charge is 0.287 e. The number of hydrogen-bond donors (Lipinski definition) is 2. The largest absolute Gasteiger partial charge is 0.449 e. The molecule has 0 aliphatic carbocycles. The fourth-order valence-corrected chi connectivity index (χ4v) is 1.53. The van der Waals surface area contributed by atoms with E-state index in [1.165, 1.54) is 0 Å². The van der Waals surface area contributed by atoms with Crippen LogP contribution in [0.2, 0.25) is 0 Å². The van der Waals surface area contributed by atoms with Gasteiger partial charge in [0, 0.05) is 18.3 Å². The van der Waals surface area contributed by atoms with Crippen molar-refractivity contribution < 1.29 is 9.21 Å². The Labute approximate surface area is 99.0 Å². The lowest BCUT2D eigenvalue weighted by Gasteiger charge is -1.99. The molecule has 5 nitrogen and oxygen atoms in total. The van der Waals surface area contributed by atoms with E-state index in [0.717, 1.165) is 12.1 Å². The van der Waals surface area contributed by atoms with E-state index in [2.05, 4.69) is 10.3 Å². The maximum Gasteiger partial charge on any atom is 0.287 e. The highest BCUT2D eigenvalue weighted by Gasteiger charge is 2.12. The number of aryl methyl sites for hydroxylation is 1. The van der Waals surface area contributed by atoms with Gasteiger partial charge in [0.1, 0.15) is 5.52 Å². The molecule has 0 fully saturated rings. The van der Waals surface area contributed by atoms with Gasteiger partial charge in [0.25, 0.3) is 5.91 Å². The molecule has 0 bridgehead atoms. The molecule has 2 aromatic rings. The van der Waals surface area contributed by atoms with Crippen LogP contribution in [0.25, 0.3) is 11.1 Å². The zero-order valence-electron chi connectivity index (χ0n) is 9.69. The molecular weight excluding hydrogens is 218 g/mol. The van der Waals surface area contributed by atoms with Gasteiger partial charge in [-0.1, -0.05) is 0 Å². The fourth-order valence-electron chi connectivity index (χ4n) is 1.53. The van der Waals surface area contributed by atoms with E-state index in [1.807, 2.05) is 19.1 Å². The minimum absolute atomic E-state index is 0.228. The summed E-state index contributed by atoms with van der Waals surface area (Å²) in [5.41, 5.74) is 7.57. The molecule has 2 aromatic heterocycles. The standard InChI is InChI=1S/C12H15N3O2/c1-8-3-4-10-9(15-8)7-11(17-10)12(16)14-6-2-5-13/h3-4,7H,2,5-6,13H2,1H3,(H,14,16). The van der Waals surface area contributed by atoms with Crippen LogP contribution in [0.3, 0.4) is 0 Å². The third-order valence-corrected chi connectivity index (χ3v) is 2.40. The van der Waals surface area contributed by atoms with Gasteiger partial charge in [0.2, 0.25) is 0 Å². The molecule has 17 heavy (non-hydrogen) atoms. The first kappa shape index (κ1) is 11.6. The Balaban J connectivity index is 2.15. The predicted octanol–water partition coefficient (Wildman–Crippen LogP) is 1.21. The van der Waals surface area contributed by atoms with Crippen LogP contribution in [0.15, 0.2) is 22.6 Å². The number of aromatic nitrogens is 1. The number of nitrogens with two attached hydrogens (primary N) is 1. The zero-order valence-corrected chi connectivity index (χ0v) is 9.69. The molecule has 3 N–H and O–H groups in total. The third-order valence-electron chi connectivity index (χ3n) is 2.40. The van der Waals surface area contributed by atoms with Crippen molar-refractivity contribution in [1.29, 1.82) is 0 Å². The number of amides is 1. The molecule has 0 saturated heterocycles. The quantitative estimate of drug-likeness (QED) is 0.778. The molecular formula is C12H15N3O2. The van der Waals surface area contributed by atoms with E-state index in [0.29, 0.717) is 24.2 Å². The Morgan fingerprint density at radius 2 is 2.35 bits per heavy atom. The van der Waals surface area contributed by atoms with Gasteiger partial charge < -0.3 is 15.5 Å². The van der Waals surface area contributed by atoms with Gasteiger partial charge >= 0.3 is 0 Å². The summed E-state index contributed by atoms with van der Waals surface area (Å²) in [5.74, 6) is 0.0595. The second-order valence-electron chi connectivity index (χ2n) is 3.84. The number of fused-ring (bicyclic) bond motifs is 1. The van der Waals surface area contributed by atoms with Crippen LogP contribution in [0, 0.1) is 6.92 Å². The molecule has 0 spiro atoms. The third kappa shape index (κ3) is 2.62. The SMILES string of the molecule is Cc1ccc2oc(C(=O)NCCCN)cc2n1. The molecule has 0 saturated carbocycles. The van der Waals surface area contributed by atoms with E-state index < -0.39 is 0 Å². The molecule has 90 valence electrons. The summed E-state index contributed by atoms with van der Waals surface area (Å²) >= 11 is 0. The summed E-state index contributed by atoms with van der Waals surface area (Å²) in [6, 6.07) is 5.32. The molecule has 0 radical (unpaired) electrons. The van der Waals surface area contributed by atoms with Crippen molar-refractivity contribution >= 4 is 17.0 Å². The second kappa shape index (κ2) is 4.97. The monoisotopic (exact) mass is 233 g/mol. The van der Waals surface area contributed by atoms with Crippen LogP contribution in [0.1, 0.15) is 22.7 Å². The predicted molar refractivity (Wildman–Crippen MR) is 64.8 cm³/mol. The minimum Gasteiger partial charge on any atom is -0.449 e. The summed E-state index contributed by atoms with van der Waals surface area (Å²) < 4.78 is 5.41. The Kier molecular flexibility index (Phi) is 3.39. The molecule has 0 aliphatic rings. The average molecular weight is 233 g/mol. The van der Waals surface area contributed by atoms with Crippen LogP contribution >= 0.6 is 0 Å². The summed E-state index contributed by atoms with van der Waals surface area (Å²) in [7, 11) is 0. The van der Waals surface area contributed by atoms with E-state index in [4.69, 9.17) is 10.2 Å². The molecule has 5 heteroatoms. The number of carbonyl (C=O) groups excluding carboxylic acids is 1. The average Bonchev–Trinajstić information content (AvgIpc) is 2.72. The highest BCUT2D eigenvalue weighted by atomic mass is 16.3. The maximum atomic E-state index is 11.7. The van der Waals surface area contributed by atoms with E-state index in [9.17, 15) is 4.79 Å². The van der Waals surface area contributed by atoms with Crippen LogP contribution in [0.4, 0.5) is 0 Å². The molecule has 0 atom stereocenters. The summed E-state index contributed by atoms with van der Waals surface area (Å²) in [5, 5.41) is 2.73. The lowest BCUT2D eigenvalue weighted by atomic mass is 10.3. The first-order chi connectivity index (χ1) is 8.20. The van der Waals surface area contributed by atoms with Crippen LogP contribution < -0.4 is 11.1 Å². The van der Waals surface area contributed by atoms with Gasteiger partial charge in [-0.2, -0.15) is 0 Å². The van der Waals surface area contributed by atoms with Crippen LogP contribution in [-0.2, 0) is 0 Å². The van der Waals surface area contributed by atoms with E-state index >= 15 is 0 Å². The first-order valence-corrected chi connectivity index (χ1v) is 5.56. The van der Waals surface area contributed by atoms with E-state index in [1.54, 1.807) is 6.07 Å². The zero-order chi connectivity index (χ0) is 12.3. The van der Waals surface area contributed by atoms with Gasteiger partial charge in [-0.25, -0.2) is 4.98 Å². The van der Waals surface area contributed by atoms with Crippen molar-refractivity contribution in [2.75, 3.05) is 13.1 Å². The van der Waals surface area contributed by atoms with Gasteiger partial charge in [-0.3, -0.25) is 4.79 Å². The number of nitrogens with zero attached hydrogens (tertiary/aromatic N) is 1. The molecule has 0 aliphatic heterocycles. The van der Waals surface area contributed by atoms with Gasteiger partial charge in [-0.15, -0.1) is 0 Å². The topological polar surface area (TPSA) is 81.2 Å². The van der Waals surface area contributed by atoms with Crippen molar-refractivity contribution in [2.45, 2.75) is 13.3 Å². The summed E-state index contributed by atoms with van der Waals surface area (Å²) in [6.07, 6.45) is 0.753. The Hall–Kier alpha value is -1.88. The van der Waals surface area contributed by atoms with Gasteiger partial charge in [0.15, 0.2) is 11.3 Å². The Morgan fingerprint density at radius 3 is 3.12 bits per heavy atom. The maximum absolute atomic E-state index is 11.7. The van der Waals surface area contributed by atoms with Crippen molar-refractivity contribution in [3.05, 3.63) is 29.7 Å². The van der Waals surface area contributed by atoms with Crippen molar-refractivity contribution in [1.82, 2.24) is 10.3 Å². The van der Waals surface area contributed by atoms with Crippen LogP contribution in [0.5, 0.6) is 0 Å². The Bertz CT molecular complexity index is 534. The lowest BCUT2D eigenvalue weighted by molar-refractivity contribution is 0.0928. The second-order valence-corrected chi connectivity index (χ2v) is 3.84. The van der Waals surface area contributed by atoms with E-state index in [-0.39, 0.29) is 11.7 Å². The normalized spacial score (nSPS) is 10.7. The number of nitrogens with one attached hydrogen (secondary N) is 1. The molecule has 2 rings (SSSR count).